The number of nitrogens with zero attached hydrogens (tertiary/aromatic N) is 1. The fourth-order valence-corrected chi connectivity index (χ4v) is 2.97. The minimum Gasteiger partial charge on any atom is -0.298 e. The van der Waals surface area contributed by atoms with Crippen LogP contribution in [-0.2, 0) is 0 Å². The number of benzene rings is 1. The van der Waals surface area contributed by atoms with Crippen molar-refractivity contribution in [1.29, 1.82) is 0 Å². The summed E-state index contributed by atoms with van der Waals surface area (Å²) in [6.07, 6.45) is 2.33. The van der Waals surface area contributed by atoms with Crippen molar-refractivity contribution in [2.24, 2.45) is 5.92 Å². The maximum atomic E-state index is 12.9. The van der Waals surface area contributed by atoms with Crippen molar-refractivity contribution in [1.82, 2.24) is 4.90 Å². The van der Waals surface area contributed by atoms with Crippen LogP contribution in [-0.4, -0.2) is 24.5 Å². The number of fused-ring (bicyclic) bond motifs is 2. The van der Waals surface area contributed by atoms with Gasteiger partial charge in [0.15, 0.2) is 0 Å². The van der Waals surface area contributed by atoms with E-state index in [1.54, 1.807) is 12.1 Å². The van der Waals surface area contributed by atoms with Gasteiger partial charge in [-0.15, -0.1) is 0 Å². The van der Waals surface area contributed by atoms with Crippen LogP contribution in [0.15, 0.2) is 35.9 Å². The average molecular weight is 217 g/mol. The van der Waals surface area contributed by atoms with Crippen LogP contribution in [0.1, 0.15) is 18.4 Å². The summed E-state index contributed by atoms with van der Waals surface area (Å²) in [6.45, 7) is 5.60. The third-order valence-electron chi connectivity index (χ3n) is 3.95. The highest BCUT2D eigenvalue weighted by molar-refractivity contribution is 5.29. The molecule has 0 aromatic heterocycles. The van der Waals surface area contributed by atoms with Crippen LogP contribution in [0.5, 0.6) is 0 Å². The molecule has 1 fully saturated rings. The van der Waals surface area contributed by atoms with Crippen LogP contribution in [0.3, 0.4) is 0 Å². The molecule has 3 atom stereocenters. The highest BCUT2D eigenvalue weighted by atomic mass is 19.1. The lowest BCUT2D eigenvalue weighted by Crippen LogP contribution is -2.24. The molecule has 1 nitrogen and oxygen atoms in total. The van der Waals surface area contributed by atoms with Crippen LogP contribution in [0.25, 0.3) is 0 Å². The summed E-state index contributed by atoms with van der Waals surface area (Å²) >= 11 is 0. The minimum absolute atomic E-state index is 0.141. The lowest BCUT2D eigenvalue weighted by atomic mass is 9.84. The molecule has 2 aliphatic heterocycles. The van der Waals surface area contributed by atoms with E-state index < -0.39 is 0 Å². The van der Waals surface area contributed by atoms with Crippen molar-refractivity contribution in [2.45, 2.75) is 12.8 Å². The largest absolute Gasteiger partial charge is 0.298 e. The quantitative estimate of drug-likeness (QED) is 0.654. The summed E-state index contributed by atoms with van der Waals surface area (Å²) in [5.41, 5.74) is 2.78. The minimum atomic E-state index is -0.141. The lowest BCUT2D eigenvalue weighted by molar-refractivity contribution is 0.352. The third kappa shape index (κ3) is 1.57. The molecule has 1 saturated heterocycles. The Morgan fingerprint density at radius 3 is 2.56 bits per heavy atom. The first-order chi connectivity index (χ1) is 7.74. The smallest absolute Gasteiger partial charge is 0.123 e. The van der Waals surface area contributed by atoms with Gasteiger partial charge in [0.2, 0.25) is 0 Å². The molecule has 0 spiro atoms. The van der Waals surface area contributed by atoms with Gasteiger partial charge < -0.3 is 0 Å². The van der Waals surface area contributed by atoms with Gasteiger partial charge in [-0.1, -0.05) is 23.8 Å². The van der Waals surface area contributed by atoms with Crippen molar-refractivity contribution in [3.63, 3.8) is 0 Å². The second-order valence-electron chi connectivity index (χ2n) is 4.93. The molecule has 0 radical (unpaired) electrons. The van der Waals surface area contributed by atoms with E-state index in [0.717, 1.165) is 13.1 Å². The summed E-state index contributed by atoms with van der Waals surface area (Å²) in [6, 6.07) is 7.03. The molecule has 3 rings (SSSR count). The Kier molecular flexibility index (Phi) is 2.32. The van der Waals surface area contributed by atoms with Crippen molar-refractivity contribution in [3.8, 4) is 0 Å². The molecular formula is C14H16FN. The van der Waals surface area contributed by atoms with Crippen LogP contribution >= 0.6 is 0 Å². The molecule has 0 saturated carbocycles. The Morgan fingerprint density at radius 2 is 1.81 bits per heavy atom. The van der Waals surface area contributed by atoms with Crippen LogP contribution in [0, 0.1) is 11.7 Å². The Hall–Kier alpha value is -1.15. The Balaban J connectivity index is 1.91. The SMILES string of the molecule is CC1=CCN2CC1C(c1ccc(F)cc1)C2. The molecule has 84 valence electrons. The Morgan fingerprint density at radius 1 is 1.12 bits per heavy atom. The highest BCUT2D eigenvalue weighted by Crippen LogP contribution is 2.39. The van der Waals surface area contributed by atoms with Crippen LogP contribution in [0.2, 0.25) is 0 Å². The number of rotatable bonds is 1. The van der Waals surface area contributed by atoms with Crippen LogP contribution < -0.4 is 0 Å². The normalized spacial score (nSPS) is 32.6. The summed E-state index contributed by atoms with van der Waals surface area (Å²) < 4.78 is 12.9. The van der Waals surface area contributed by atoms with Gasteiger partial charge in [0.1, 0.15) is 5.82 Å². The van der Waals surface area contributed by atoms with Gasteiger partial charge in [-0.3, -0.25) is 4.90 Å². The number of halogens is 1. The molecule has 16 heavy (non-hydrogen) atoms. The van der Waals surface area contributed by atoms with E-state index >= 15 is 0 Å². The highest BCUT2D eigenvalue weighted by Gasteiger charge is 2.36. The first-order valence-corrected chi connectivity index (χ1v) is 5.88. The van der Waals surface area contributed by atoms with Crippen molar-refractivity contribution in [3.05, 3.63) is 47.3 Å². The zero-order valence-electron chi connectivity index (χ0n) is 9.49. The van der Waals surface area contributed by atoms with Gasteiger partial charge >= 0.3 is 0 Å². The average Bonchev–Trinajstić information content (AvgIpc) is 2.65. The molecule has 2 aliphatic rings. The Bertz CT molecular complexity index is 421. The molecule has 1 aromatic rings. The maximum absolute atomic E-state index is 12.9. The van der Waals surface area contributed by atoms with E-state index in [4.69, 9.17) is 0 Å². The fourth-order valence-electron chi connectivity index (χ4n) is 2.97. The summed E-state index contributed by atoms with van der Waals surface area (Å²) in [4.78, 5) is 2.48. The molecular weight excluding hydrogens is 201 g/mol. The van der Waals surface area contributed by atoms with Gasteiger partial charge in [-0.05, 0) is 24.6 Å². The summed E-state index contributed by atoms with van der Waals surface area (Å²) in [5, 5.41) is 0. The van der Waals surface area contributed by atoms with E-state index in [9.17, 15) is 4.39 Å². The lowest BCUT2D eigenvalue weighted by Gasteiger charge is -2.22. The summed E-state index contributed by atoms with van der Waals surface area (Å²) in [7, 11) is 0. The zero-order chi connectivity index (χ0) is 11.1. The van der Waals surface area contributed by atoms with E-state index in [-0.39, 0.29) is 5.82 Å². The number of hydrogen-bond donors (Lipinski definition) is 0. The van der Waals surface area contributed by atoms with Gasteiger partial charge in [-0.25, -0.2) is 4.39 Å². The maximum Gasteiger partial charge on any atom is 0.123 e. The van der Waals surface area contributed by atoms with Gasteiger partial charge in [0, 0.05) is 31.5 Å². The molecule has 2 bridgehead atoms. The summed E-state index contributed by atoms with van der Waals surface area (Å²) in [5.74, 6) is 1.05. The van der Waals surface area contributed by atoms with Gasteiger partial charge in [0.25, 0.3) is 0 Å². The van der Waals surface area contributed by atoms with Gasteiger partial charge in [0.05, 0.1) is 0 Å². The zero-order valence-corrected chi connectivity index (χ0v) is 9.49. The molecule has 0 amide bonds. The predicted molar refractivity (Wildman–Crippen MR) is 62.8 cm³/mol. The second-order valence-corrected chi connectivity index (χ2v) is 4.93. The van der Waals surface area contributed by atoms with Crippen LogP contribution in [0.4, 0.5) is 4.39 Å². The van der Waals surface area contributed by atoms with E-state index in [0.29, 0.717) is 11.8 Å². The molecule has 2 heterocycles. The first kappa shape index (κ1) is 10.0. The first-order valence-electron chi connectivity index (χ1n) is 5.88. The van der Waals surface area contributed by atoms with Crippen molar-refractivity contribution in [2.75, 3.05) is 19.6 Å². The molecule has 0 aliphatic carbocycles. The fraction of sp³-hybridized carbons (Fsp3) is 0.429. The number of hydrogen-bond acceptors (Lipinski definition) is 1. The van der Waals surface area contributed by atoms with Crippen molar-refractivity contribution >= 4 is 0 Å². The van der Waals surface area contributed by atoms with E-state index in [2.05, 4.69) is 17.9 Å². The van der Waals surface area contributed by atoms with Crippen molar-refractivity contribution < 1.29 is 4.39 Å². The molecule has 1 aromatic carbocycles. The molecule has 0 N–H and O–H groups in total. The topological polar surface area (TPSA) is 3.24 Å². The molecule has 2 heteroatoms. The second kappa shape index (κ2) is 3.70. The molecule has 3 unspecified atom stereocenters. The third-order valence-corrected chi connectivity index (χ3v) is 3.95. The standard InChI is InChI=1S/C14H16FN/c1-10-6-7-16-8-13(10)14(9-16)11-2-4-12(15)5-3-11/h2-6,13-14H,7-9H2,1H3. The Labute approximate surface area is 95.6 Å². The van der Waals surface area contributed by atoms with E-state index in [1.165, 1.54) is 17.7 Å². The van der Waals surface area contributed by atoms with E-state index in [1.807, 2.05) is 12.1 Å². The monoisotopic (exact) mass is 217 g/mol. The predicted octanol–water partition coefficient (Wildman–Crippen LogP) is 2.80. The van der Waals surface area contributed by atoms with Gasteiger partial charge in [-0.2, -0.15) is 0 Å².